The van der Waals surface area contributed by atoms with E-state index in [1.54, 1.807) is 10.3 Å². The molecule has 1 amide bonds. The maximum Gasteiger partial charge on any atom is 0.275 e. The van der Waals surface area contributed by atoms with Crippen LogP contribution in [-0.2, 0) is 4.74 Å². The van der Waals surface area contributed by atoms with Crippen LogP contribution in [0.1, 0.15) is 17.4 Å². The lowest BCUT2D eigenvalue weighted by Gasteiger charge is -2.35. The van der Waals surface area contributed by atoms with Gasteiger partial charge in [0.25, 0.3) is 5.91 Å². The number of aliphatic hydroxyl groups excluding tert-OH is 1. The first-order valence-corrected chi connectivity index (χ1v) is 5.87. The first kappa shape index (κ1) is 11.4. The minimum absolute atomic E-state index is 0.0681. The van der Waals surface area contributed by atoms with Gasteiger partial charge in [-0.15, -0.1) is 5.10 Å². The molecule has 1 saturated heterocycles. The standard InChI is InChI=1S/C9H13N3O3S/c1-6-2-12(3-7(4-13)15-6)9(14)8-5-16-11-10-8/h5-7,13H,2-4H2,1H3. The summed E-state index contributed by atoms with van der Waals surface area (Å²) in [5, 5.41) is 14.4. The highest BCUT2D eigenvalue weighted by Gasteiger charge is 2.29. The molecule has 1 aliphatic rings. The topological polar surface area (TPSA) is 75.6 Å². The van der Waals surface area contributed by atoms with Gasteiger partial charge in [-0.05, 0) is 18.5 Å². The van der Waals surface area contributed by atoms with Gasteiger partial charge in [0.1, 0.15) is 0 Å². The van der Waals surface area contributed by atoms with Crippen molar-refractivity contribution >= 4 is 17.4 Å². The Kier molecular flexibility index (Phi) is 3.47. The Morgan fingerprint density at radius 2 is 2.56 bits per heavy atom. The molecule has 0 spiro atoms. The van der Waals surface area contributed by atoms with Gasteiger partial charge in [0.2, 0.25) is 0 Å². The number of morpholine rings is 1. The molecule has 2 unspecified atom stereocenters. The fourth-order valence-electron chi connectivity index (χ4n) is 1.73. The molecule has 0 aliphatic carbocycles. The molecule has 0 radical (unpaired) electrons. The van der Waals surface area contributed by atoms with Crippen molar-refractivity contribution in [3.8, 4) is 0 Å². The normalized spacial score (nSPS) is 25.8. The molecular formula is C9H13N3O3S. The summed E-state index contributed by atoms with van der Waals surface area (Å²) in [4.78, 5) is 13.6. The molecular weight excluding hydrogens is 230 g/mol. The van der Waals surface area contributed by atoms with E-state index in [9.17, 15) is 4.79 Å². The Morgan fingerprint density at radius 1 is 1.75 bits per heavy atom. The average Bonchev–Trinajstić information content (AvgIpc) is 2.80. The molecule has 7 heteroatoms. The second-order valence-electron chi connectivity index (χ2n) is 3.75. The number of hydrogen-bond acceptors (Lipinski definition) is 6. The van der Waals surface area contributed by atoms with E-state index in [0.717, 1.165) is 11.5 Å². The molecule has 6 nitrogen and oxygen atoms in total. The average molecular weight is 243 g/mol. The Balaban J connectivity index is 2.06. The first-order chi connectivity index (χ1) is 7.70. The van der Waals surface area contributed by atoms with Gasteiger partial charge in [0, 0.05) is 18.5 Å². The predicted octanol–water partition coefficient (Wildman–Crippen LogP) is -0.240. The Labute approximate surface area is 97.0 Å². The molecule has 2 heterocycles. The molecule has 0 saturated carbocycles. The van der Waals surface area contributed by atoms with Gasteiger partial charge in [-0.3, -0.25) is 4.79 Å². The van der Waals surface area contributed by atoms with Crippen molar-refractivity contribution in [3.63, 3.8) is 0 Å². The van der Waals surface area contributed by atoms with Crippen molar-refractivity contribution in [2.45, 2.75) is 19.1 Å². The van der Waals surface area contributed by atoms with Crippen LogP contribution in [0.15, 0.2) is 5.38 Å². The predicted molar refractivity (Wildman–Crippen MR) is 57.2 cm³/mol. The fourth-order valence-corrected chi connectivity index (χ4v) is 2.16. The smallest absolute Gasteiger partial charge is 0.275 e. The highest BCUT2D eigenvalue weighted by atomic mass is 32.1. The number of ether oxygens (including phenoxy) is 1. The molecule has 1 fully saturated rings. The number of aromatic nitrogens is 2. The van der Waals surface area contributed by atoms with Crippen molar-refractivity contribution in [1.82, 2.24) is 14.5 Å². The molecule has 1 aromatic rings. The lowest BCUT2D eigenvalue weighted by molar-refractivity contribution is -0.0859. The van der Waals surface area contributed by atoms with Crippen LogP contribution in [-0.4, -0.2) is 57.4 Å². The van der Waals surface area contributed by atoms with Crippen LogP contribution in [0.4, 0.5) is 0 Å². The van der Waals surface area contributed by atoms with Crippen LogP contribution < -0.4 is 0 Å². The third kappa shape index (κ3) is 2.37. The first-order valence-electron chi connectivity index (χ1n) is 5.03. The third-order valence-corrected chi connectivity index (χ3v) is 2.90. The van der Waals surface area contributed by atoms with Gasteiger partial charge < -0.3 is 14.7 Å². The van der Waals surface area contributed by atoms with Crippen molar-refractivity contribution in [1.29, 1.82) is 0 Å². The zero-order valence-electron chi connectivity index (χ0n) is 8.87. The molecule has 1 aromatic heterocycles. The van der Waals surface area contributed by atoms with Gasteiger partial charge in [0.05, 0.1) is 18.8 Å². The van der Waals surface area contributed by atoms with E-state index in [1.165, 1.54) is 0 Å². The summed E-state index contributed by atoms with van der Waals surface area (Å²) in [5.74, 6) is -0.151. The van der Waals surface area contributed by atoms with Gasteiger partial charge >= 0.3 is 0 Å². The number of hydrogen-bond donors (Lipinski definition) is 1. The molecule has 2 rings (SSSR count). The minimum Gasteiger partial charge on any atom is -0.394 e. The fraction of sp³-hybridized carbons (Fsp3) is 0.667. The maximum absolute atomic E-state index is 12.0. The highest BCUT2D eigenvalue weighted by Crippen LogP contribution is 2.13. The second-order valence-corrected chi connectivity index (χ2v) is 4.36. The number of amides is 1. The third-order valence-electron chi connectivity index (χ3n) is 2.40. The van der Waals surface area contributed by atoms with Crippen LogP contribution in [0, 0.1) is 0 Å². The summed E-state index contributed by atoms with van der Waals surface area (Å²) in [6.07, 6.45) is -0.374. The van der Waals surface area contributed by atoms with Crippen LogP contribution in [0.3, 0.4) is 0 Å². The Hall–Kier alpha value is -1.05. The van der Waals surface area contributed by atoms with Gasteiger partial charge in [-0.2, -0.15) is 0 Å². The maximum atomic E-state index is 12.0. The van der Waals surface area contributed by atoms with E-state index in [1.807, 2.05) is 6.92 Å². The number of carbonyl (C=O) groups excluding carboxylic acids is 1. The van der Waals surface area contributed by atoms with E-state index < -0.39 is 0 Å². The van der Waals surface area contributed by atoms with Gasteiger partial charge in [0.15, 0.2) is 5.69 Å². The largest absolute Gasteiger partial charge is 0.394 e. The quantitative estimate of drug-likeness (QED) is 0.776. The molecule has 1 aliphatic heterocycles. The molecule has 0 aromatic carbocycles. The van der Waals surface area contributed by atoms with Crippen LogP contribution in [0.5, 0.6) is 0 Å². The SMILES string of the molecule is CC1CN(C(=O)c2csnn2)CC(CO)O1. The number of aliphatic hydroxyl groups is 1. The summed E-state index contributed by atoms with van der Waals surface area (Å²) in [5.41, 5.74) is 0.357. The van der Waals surface area contributed by atoms with E-state index in [0.29, 0.717) is 18.8 Å². The van der Waals surface area contributed by atoms with Gasteiger partial charge in [-0.25, -0.2) is 0 Å². The molecule has 2 atom stereocenters. The van der Waals surface area contributed by atoms with Crippen LogP contribution >= 0.6 is 11.5 Å². The lowest BCUT2D eigenvalue weighted by Crippen LogP contribution is -2.50. The number of carbonyl (C=O) groups is 1. The summed E-state index contributed by atoms with van der Waals surface area (Å²) in [6, 6.07) is 0. The van der Waals surface area contributed by atoms with Crippen LogP contribution in [0.2, 0.25) is 0 Å². The van der Waals surface area contributed by atoms with E-state index in [-0.39, 0.29) is 24.7 Å². The molecule has 0 bridgehead atoms. The zero-order chi connectivity index (χ0) is 11.5. The van der Waals surface area contributed by atoms with E-state index in [2.05, 4.69) is 9.59 Å². The Bertz CT molecular complexity index is 357. The zero-order valence-corrected chi connectivity index (χ0v) is 9.68. The van der Waals surface area contributed by atoms with Crippen molar-refractivity contribution < 1.29 is 14.6 Å². The minimum atomic E-state index is -0.306. The lowest BCUT2D eigenvalue weighted by atomic mass is 10.2. The number of rotatable bonds is 2. The summed E-state index contributed by atoms with van der Waals surface area (Å²) < 4.78 is 9.12. The van der Waals surface area contributed by atoms with E-state index in [4.69, 9.17) is 9.84 Å². The number of nitrogens with zero attached hydrogens (tertiary/aromatic N) is 3. The van der Waals surface area contributed by atoms with E-state index >= 15 is 0 Å². The molecule has 88 valence electrons. The van der Waals surface area contributed by atoms with Crippen molar-refractivity contribution in [2.24, 2.45) is 0 Å². The molecule has 1 N–H and O–H groups in total. The monoisotopic (exact) mass is 243 g/mol. The second kappa shape index (κ2) is 4.86. The van der Waals surface area contributed by atoms with Gasteiger partial charge in [-0.1, -0.05) is 4.49 Å². The van der Waals surface area contributed by atoms with Crippen molar-refractivity contribution in [2.75, 3.05) is 19.7 Å². The summed E-state index contributed by atoms with van der Waals surface area (Å²) in [7, 11) is 0. The summed E-state index contributed by atoms with van der Waals surface area (Å²) >= 11 is 1.15. The summed E-state index contributed by atoms with van der Waals surface area (Å²) in [6.45, 7) is 2.72. The van der Waals surface area contributed by atoms with Crippen LogP contribution in [0.25, 0.3) is 0 Å². The van der Waals surface area contributed by atoms with Crippen molar-refractivity contribution in [3.05, 3.63) is 11.1 Å². The highest BCUT2D eigenvalue weighted by molar-refractivity contribution is 7.03. The Morgan fingerprint density at radius 3 is 3.19 bits per heavy atom. The molecule has 16 heavy (non-hydrogen) atoms.